The van der Waals surface area contributed by atoms with Gasteiger partial charge in [-0.2, -0.15) is 4.57 Å². The molecule has 0 unspecified atom stereocenters. The number of likely N-dealkylation sites (tertiary alicyclic amines) is 1. The van der Waals surface area contributed by atoms with E-state index in [2.05, 4.69) is 220 Å². The van der Waals surface area contributed by atoms with E-state index in [1.807, 2.05) is 23.1 Å². The Morgan fingerprint density at radius 1 is 0.689 bits per heavy atom. The van der Waals surface area contributed by atoms with E-state index in [-0.39, 0.29) is 6.04 Å². The van der Waals surface area contributed by atoms with Crippen molar-refractivity contribution in [3.63, 3.8) is 0 Å². The zero-order chi connectivity index (χ0) is 40.9. The van der Waals surface area contributed by atoms with Gasteiger partial charge in [0.1, 0.15) is 23.1 Å². The normalized spacial score (nSPS) is 17.1. The van der Waals surface area contributed by atoms with Crippen LogP contribution >= 0.6 is 23.1 Å². The molecular formula is C53H45N6S2+. The lowest BCUT2D eigenvalue weighted by atomic mass is 9.96. The molecule has 11 rings (SSSR count). The van der Waals surface area contributed by atoms with Crippen molar-refractivity contribution in [2.45, 2.75) is 23.8 Å². The van der Waals surface area contributed by atoms with Crippen molar-refractivity contribution < 1.29 is 4.57 Å². The number of hydrogen-bond donors (Lipinski definition) is 0. The van der Waals surface area contributed by atoms with Gasteiger partial charge in [0.2, 0.25) is 5.52 Å². The maximum atomic E-state index is 5.67. The maximum absolute atomic E-state index is 5.67. The molecule has 3 aliphatic rings. The van der Waals surface area contributed by atoms with Crippen LogP contribution in [0.15, 0.2) is 191 Å². The SMILES string of the molecule is CN1/C(=C\c2c/c(=N\C3CCN(C4=C/C(=C\c5sc6ccccc6[n+]5C)c5ccccc5N4c4ccccc4)CC3)n(-c3ccccc3)c3ccccc23)Sc2ccccc21. The first-order valence-electron chi connectivity index (χ1n) is 21.0. The van der Waals surface area contributed by atoms with Crippen molar-refractivity contribution in [2.24, 2.45) is 12.0 Å². The van der Waals surface area contributed by atoms with Crippen molar-refractivity contribution in [1.29, 1.82) is 0 Å². The molecule has 6 aromatic carbocycles. The molecule has 0 aliphatic carbocycles. The summed E-state index contributed by atoms with van der Waals surface area (Å²) in [6, 6.07) is 59.0. The summed E-state index contributed by atoms with van der Waals surface area (Å²) < 4.78 is 5.97. The number of allylic oxidation sites excluding steroid dienone is 2. The van der Waals surface area contributed by atoms with Gasteiger partial charge in [0.15, 0.2) is 0 Å². The fraction of sp³-hybridized carbons (Fsp3) is 0.132. The number of thiazole rings is 1. The predicted octanol–water partition coefficient (Wildman–Crippen LogP) is 11.8. The van der Waals surface area contributed by atoms with Crippen molar-refractivity contribution >= 4 is 79.0 Å². The summed E-state index contributed by atoms with van der Waals surface area (Å²) in [6.07, 6.45) is 9.03. The van der Waals surface area contributed by atoms with Gasteiger partial charge in [-0.05, 0) is 96.8 Å². The summed E-state index contributed by atoms with van der Waals surface area (Å²) >= 11 is 3.67. The minimum absolute atomic E-state index is 0.162. The van der Waals surface area contributed by atoms with Crippen molar-refractivity contribution in [2.75, 3.05) is 29.9 Å². The molecule has 3 aliphatic heterocycles. The average Bonchev–Trinajstić information content (AvgIpc) is 3.81. The number of anilines is 3. The van der Waals surface area contributed by atoms with Crippen LogP contribution in [0.5, 0.6) is 0 Å². The quantitative estimate of drug-likeness (QED) is 0.156. The van der Waals surface area contributed by atoms with Crippen molar-refractivity contribution in [3.05, 3.63) is 202 Å². The van der Waals surface area contributed by atoms with Gasteiger partial charge in [0.05, 0.1) is 28.0 Å². The number of aromatic nitrogens is 2. The summed E-state index contributed by atoms with van der Waals surface area (Å²) in [4.78, 5) is 14.3. The van der Waals surface area contributed by atoms with Crippen LogP contribution in [-0.4, -0.2) is 35.6 Å². The molecule has 6 nitrogen and oxygen atoms in total. The Hall–Kier alpha value is -6.61. The van der Waals surface area contributed by atoms with Gasteiger partial charge >= 0.3 is 0 Å². The first-order chi connectivity index (χ1) is 30.1. The number of nitrogens with zero attached hydrogens (tertiary/aromatic N) is 6. The third kappa shape index (κ3) is 6.86. The largest absolute Gasteiger partial charge is 0.358 e. The Balaban J connectivity index is 0.982. The molecule has 61 heavy (non-hydrogen) atoms. The Labute approximate surface area is 365 Å². The number of benzene rings is 6. The third-order valence-corrected chi connectivity index (χ3v) is 14.5. The number of piperidine rings is 1. The lowest BCUT2D eigenvalue weighted by molar-refractivity contribution is -0.642. The van der Waals surface area contributed by atoms with Crippen LogP contribution in [-0.2, 0) is 7.05 Å². The summed E-state index contributed by atoms with van der Waals surface area (Å²) in [5, 5.41) is 3.64. The molecule has 1 saturated heterocycles. The van der Waals surface area contributed by atoms with E-state index in [1.165, 1.54) is 64.4 Å². The summed E-state index contributed by atoms with van der Waals surface area (Å²) in [6.45, 7) is 1.79. The zero-order valence-corrected chi connectivity index (χ0v) is 35.9. The topological polar surface area (TPSA) is 30.9 Å². The molecule has 298 valence electrons. The molecular weight excluding hydrogens is 785 g/mol. The van der Waals surface area contributed by atoms with Crippen LogP contribution in [0.25, 0.3) is 44.5 Å². The average molecular weight is 830 g/mol. The van der Waals surface area contributed by atoms with Gasteiger partial charge < -0.3 is 9.80 Å². The number of para-hydroxylation sites is 6. The van der Waals surface area contributed by atoms with E-state index < -0.39 is 0 Å². The minimum Gasteiger partial charge on any atom is -0.358 e. The highest BCUT2D eigenvalue weighted by atomic mass is 32.2. The summed E-state index contributed by atoms with van der Waals surface area (Å²) in [5.74, 6) is 1.21. The Morgan fingerprint density at radius 2 is 1.36 bits per heavy atom. The molecule has 2 aromatic heterocycles. The van der Waals surface area contributed by atoms with Crippen LogP contribution in [0.1, 0.15) is 29.0 Å². The van der Waals surface area contributed by atoms with E-state index in [0.717, 1.165) is 48.3 Å². The second-order valence-corrected chi connectivity index (χ2v) is 18.0. The maximum Gasteiger partial charge on any atom is 0.263 e. The van der Waals surface area contributed by atoms with E-state index in [1.54, 1.807) is 0 Å². The molecule has 0 radical (unpaired) electrons. The van der Waals surface area contributed by atoms with Crippen LogP contribution in [0.2, 0.25) is 0 Å². The minimum atomic E-state index is 0.162. The van der Waals surface area contributed by atoms with Crippen LogP contribution in [0.4, 0.5) is 17.1 Å². The number of thioether (sulfide) groups is 1. The monoisotopic (exact) mass is 829 g/mol. The zero-order valence-electron chi connectivity index (χ0n) is 34.2. The second-order valence-electron chi connectivity index (χ2n) is 15.9. The molecule has 1 fully saturated rings. The van der Waals surface area contributed by atoms with Crippen molar-refractivity contribution in [3.8, 4) is 5.69 Å². The Kier molecular flexibility index (Phi) is 9.67. The van der Waals surface area contributed by atoms with Gasteiger partial charge in [-0.15, -0.1) is 0 Å². The first kappa shape index (κ1) is 37.4. The number of fused-ring (bicyclic) bond motifs is 4. The van der Waals surface area contributed by atoms with Crippen LogP contribution in [0, 0.1) is 0 Å². The van der Waals surface area contributed by atoms with Gasteiger partial charge in [-0.3, -0.25) is 14.5 Å². The van der Waals surface area contributed by atoms with E-state index in [9.17, 15) is 0 Å². The molecule has 0 saturated carbocycles. The number of aryl methyl sites for hydroxylation is 1. The van der Waals surface area contributed by atoms with Gasteiger partial charge in [-0.1, -0.05) is 120 Å². The van der Waals surface area contributed by atoms with Crippen molar-refractivity contribution in [1.82, 2.24) is 9.47 Å². The number of rotatable bonds is 6. The Morgan fingerprint density at radius 3 is 2.15 bits per heavy atom. The second kappa shape index (κ2) is 15.8. The highest BCUT2D eigenvalue weighted by Crippen LogP contribution is 2.46. The van der Waals surface area contributed by atoms with E-state index >= 15 is 0 Å². The fourth-order valence-corrected chi connectivity index (χ4v) is 11.3. The predicted molar refractivity (Wildman–Crippen MR) is 256 cm³/mol. The molecule has 8 heteroatoms. The van der Waals surface area contributed by atoms with E-state index in [0.29, 0.717) is 0 Å². The smallest absolute Gasteiger partial charge is 0.263 e. The van der Waals surface area contributed by atoms with Gasteiger partial charge in [0.25, 0.3) is 5.01 Å². The summed E-state index contributed by atoms with van der Waals surface area (Å²) in [5.41, 5.74) is 11.7. The molecule has 0 atom stereocenters. The molecule has 0 amide bonds. The van der Waals surface area contributed by atoms with Gasteiger partial charge in [-0.25, -0.2) is 0 Å². The molecule has 0 N–H and O–H groups in total. The highest BCUT2D eigenvalue weighted by molar-refractivity contribution is 8.03. The fourth-order valence-electron chi connectivity index (χ4n) is 9.07. The number of hydrogen-bond acceptors (Lipinski definition) is 6. The lowest BCUT2D eigenvalue weighted by Gasteiger charge is -2.42. The van der Waals surface area contributed by atoms with E-state index in [4.69, 9.17) is 4.99 Å². The molecule has 0 spiro atoms. The standard InChI is InChI=1S/C53H45N6S2/c1-55-46-25-13-15-27-48(46)60-52(55)35-37-33-50(58(40-17-5-3-6-18-40)44-23-11-9-21-42(37)44)54-39-29-31-57(32-30-39)51-34-38(36-53-56(2)47-26-14-16-28-49(47)61-53)43-22-10-12-24-45(43)59(51)41-19-7-4-8-20-41/h3-28,33-36,39H,29-32H2,1-2H3/q+1/b52-35+,54-50+. The van der Waals surface area contributed by atoms with Crippen LogP contribution in [0.3, 0.4) is 0 Å². The molecule has 0 bridgehead atoms. The first-order valence-corrected chi connectivity index (χ1v) is 22.7. The highest BCUT2D eigenvalue weighted by Gasteiger charge is 2.31. The molecule has 8 aromatic rings. The van der Waals surface area contributed by atoms with Crippen LogP contribution < -0.4 is 19.9 Å². The third-order valence-electron chi connectivity index (χ3n) is 12.2. The number of pyridine rings is 1. The summed E-state index contributed by atoms with van der Waals surface area (Å²) in [7, 11) is 4.35. The lowest BCUT2D eigenvalue weighted by Crippen LogP contribution is -2.41. The Bertz CT molecular complexity index is 3120. The molecule has 5 heterocycles. The van der Waals surface area contributed by atoms with Gasteiger partial charge in [0, 0.05) is 59.5 Å².